The van der Waals surface area contributed by atoms with Gasteiger partial charge in [-0.1, -0.05) is 18.4 Å². The number of ether oxygens (including phenoxy) is 2. The summed E-state index contributed by atoms with van der Waals surface area (Å²) in [4.78, 5) is 12.5. The zero-order chi connectivity index (χ0) is 18.8. The second-order valence-electron chi connectivity index (χ2n) is 7.85. The van der Waals surface area contributed by atoms with E-state index in [0.717, 1.165) is 51.6 Å². The summed E-state index contributed by atoms with van der Waals surface area (Å²) in [5, 5.41) is 7.62. The molecule has 1 N–H and O–H groups in total. The summed E-state index contributed by atoms with van der Waals surface area (Å²) in [6.45, 7) is 1.76. The van der Waals surface area contributed by atoms with Crippen LogP contribution in [-0.2, 0) is 23.6 Å². The van der Waals surface area contributed by atoms with Crippen molar-refractivity contribution in [2.24, 2.45) is 23.7 Å². The lowest BCUT2D eigenvalue weighted by atomic mass is 9.50. The minimum atomic E-state index is -3.49. The molecule has 0 spiro atoms. The third kappa shape index (κ3) is 4.49. The monoisotopic (exact) mass is 396 g/mol. The number of hydrogen-bond acceptors (Lipinski definition) is 7. The number of hydrogen-bond donors (Lipinski definition) is 1. The van der Waals surface area contributed by atoms with Gasteiger partial charge in [-0.3, -0.25) is 4.79 Å². The van der Waals surface area contributed by atoms with Crippen molar-refractivity contribution in [2.75, 3.05) is 13.2 Å². The van der Waals surface area contributed by atoms with Crippen LogP contribution < -0.4 is 0 Å². The summed E-state index contributed by atoms with van der Waals surface area (Å²) < 4.78 is 41.8. The Bertz CT molecular complexity index is 490. The highest BCUT2D eigenvalue weighted by atomic mass is 32.2. The van der Waals surface area contributed by atoms with Gasteiger partial charge in [0.25, 0.3) is 0 Å². The van der Waals surface area contributed by atoms with E-state index in [1.807, 2.05) is 0 Å². The lowest BCUT2D eigenvalue weighted by molar-refractivity contribution is -0.433. The summed E-state index contributed by atoms with van der Waals surface area (Å²) in [6.07, 6.45) is 6.69. The summed E-state index contributed by atoms with van der Waals surface area (Å²) >= 11 is -0.396. The maximum atomic E-state index is 13.5. The molecule has 2 unspecified atom stereocenters. The number of halogens is 2. The highest BCUT2D eigenvalue weighted by Gasteiger charge is 2.58. The predicted octanol–water partition coefficient (Wildman–Crippen LogP) is 4.20. The minimum Gasteiger partial charge on any atom is -0.458 e. The van der Waals surface area contributed by atoms with Crippen LogP contribution >= 0.6 is 12.0 Å². The maximum Gasteiger partial charge on any atom is 0.354 e. The van der Waals surface area contributed by atoms with Crippen molar-refractivity contribution in [1.82, 2.24) is 0 Å². The average Bonchev–Trinajstić information content (AvgIpc) is 2.57. The van der Waals surface area contributed by atoms with Gasteiger partial charge < -0.3 is 9.47 Å². The molecule has 0 aromatic rings. The number of carbonyl (C=O) groups is 1. The summed E-state index contributed by atoms with van der Waals surface area (Å²) in [5.41, 5.74) is -0.130. The minimum absolute atomic E-state index is 0.130. The predicted molar refractivity (Wildman–Crippen MR) is 88.9 cm³/mol. The van der Waals surface area contributed by atoms with Crippen LogP contribution in [0.4, 0.5) is 8.78 Å². The van der Waals surface area contributed by atoms with Crippen molar-refractivity contribution in [1.29, 1.82) is 0 Å². The van der Waals surface area contributed by atoms with E-state index in [4.69, 9.17) is 14.7 Å². The molecule has 0 heterocycles. The van der Waals surface area contributed by atoms with Crippen LogP contribution in [0.25, 0.3) is 0 Å². The van der Waals surface area contributed by atoms with Crippen LogP contribution in [0.15, 0.2) is 0 Å². The Morgan fingerprint density at radius 2 is 1.96 bits per heavy atom. The van der Waals surface area contributed by atoms with Crippen molar-refractivity contribution in [3.63, 3.8) is 0 Å². The molecule has 4 aliphatic carbocycles. The van der Waals surface area contributed by atoms with Crippen LogP contribution in [0.3, 0.4) is 0 Å². The quantitative estimate of drug-likeness (QED) is 0.195. The van der Waals surface area contributed by atoms with Gasteiger partial charge in [0.2, 0.25) is 0 Å². The first kappa shape index (κ1) is 20.3. The van der Waals surface area contributed by atoms with E-state index in [1.165, 1.54) is 0 Å². The number of unbranched alkanes of at least 4 members (excludes halogenated alkanes) is 1. The first-order chi connectivity index (χ1) is 12.4. The lowest BCUT2D eigenvalue weighted by Crippen LogP contribution is -2.57. The fourth-order valence-electron chi connectivity index (χ4n) is 5.28. The molecule has 4 bridgehead atoms. The fraction of sp³-hybridized carbons (Fsp3) is 0.941. The first-order valence-corrected chi connectivity index (χ1v) is 9.96. The SMILES string of the molecule is CCCCOC12CC3CC(C1)C(C(=O)OCC(F)(F)SOOO)C(C3)C2. The van der Waals surface area contributed by atoms with E-state index in [2.05, 4.69) is 16.3 Å². The van der Waals surface area contributed by atoms with Crippen LogP contribution in [0.5, 0.6) is 0 Å². The second kappa shape index (κ2) is 8.26. The molecular weight excluding hydrogens is 370 g/mol. The van der Waals surface area contributed by atoms with Crippen molar-refractivity contribution in [3.8, 4) is 0 Å². The third-order valence-electron chi connectivity index (χ3n) is 5.96. The zero-order valence-corrected chi connectivity index (χ0v) is 15.6. The van der Waals surface area contributed by atoms with Gasteiger partial charge in [0.15, 0.2) is 6.61 Å². The van der Waals surface area contributed by atoms with Crippen molar-refractivity contribution >= 4 is 18.0 Å². The fourth-order valence-corrected chi connectivity index (χ4v) is 5.52. The van der Waals surface area contributed by atoms with Gasteiger partial charge in [-0.2, -0.15) is 8.78 Å². The normalized spacial score (nSPS) is 35.7. The number of esters is 1. The molecule has 9 heteroatoms. The summed E-state index contributed by atoms with van der Waals surface area (Å²) in [6, 6.07) is 0. The molecule has 6 nitrogen and oxygen atoms in total. The van der Waals surface area contributed by atoms with Gasteiger partial charge in [-0.25, -0.2) is 5.26 Å². The Labute approximate surface area is 155 Å². The molecule has 0 aromatic carbocycles. The maximum absolute atomic E-state index is 13.5. The van der Waals surface area contributed by atoms with Crippen molar-refractivity contribution in [2.45, 2.75) is 62.7 Å². The average molecular weight is 396 g/mol. The Balaban J connectivity index is 1.56. The topological polar surface area (TPSA) is 74.2 Å². The highest BCUT2D eigenvalue weighted by molar-refractivity contribution is 7.95. The second-order valence-corrected chi connectivity index (χ2v) is 8.75. The molecule has 26 heavy (non-hydrogen) atoms. The van der Waals surface area contributed by atoms with E-state index in [0.29, 0.717) is 5.92 Å². The largest absolute Gasteiger partial charge is 0.458 e. The molecule has 0 radical (unpaired) electrons. The third-order valence-corrected chi connectivity index (χ3v) is 6.45. The van der Waals surface area contributed by atoms with Crippen LogP contribution in [-0.4, -0.2) is 35.3 Å². The number of rotatable bonds is 10. The molecule has 4 rings (SSSR count). The van der Waals surface area contributed by atoms with Crippen LogP contribution in [0.1, 0.15) is 51.9 Å². The Morgan fingerprint density at radius 3 is 2.58 bits per heavy atom. The van der Waals surface area contributed by atoms with E-state index in [1.54, 1.807) is 0 Å². The number of alkyl halides is 2. The van der Waals surface area contributed by atoms with Gasteiger partial charge in [0.05, 0.1) is 11.5 Å². The Hall–Kier alpha value is -0.480. The van der Waals surface area contributed by atoms with E-state index >= 15 is 0 Å². The van der Waals surface area contributed by atoms with E-state index < -0.39 is 29.9 Å². The van der Waals surface area contributed by atoms with Crippen molar-refractivity contribution in [3.05, 3.63) is 0 Å². The lowest BCUT2D eigenvalue weighted by Gasteiger charge is -2.58. The molecule has 0 saturated heterocycles. The van der Waals surface area contributed by atoms with Gasteiger partial charge in [0, 0.05) is 6.61 Å². The van der Waals surface area contributed by atoms with E-state index in [-0.39, 0.29) is 23.4 Å². The summed E-state index contributed by atoms with van der Waals surface area (Å²) in [5.74, 6) is -0.0365. The zero-order valence-electron chi connectivity index (χ0n) is 14.8. The molecule has 0 amide bonds. The smallest absolute Gasteiger partial charge is 0.354 e. The Morgan fingerprint density at radius 1 is 1.27 bits per heavy atom. The first-order valence-electron chi connectivity index (χ1n) is 9.22. The van der Waals surface area contributed by atoms with Gasteiger partial charge in [-0.15, -0.1) is 4.33 Å². The molecule has 0 aromatic heterocycles. The molecule has 0 aliphatic heterocycles. The molecule has 2 atom stereocenters. The van der Waals surface area contributed by atoms with Gasteiger partial charge in [-0.05, 0) is 56.3 Å². The van der Waals surface area contributed by atoms with E-state index in [9.17, 15) is 13.6 Å². The standard InChI is InChI=1S/C17H26F2O6S/c1-2-3-4-23-16-7-11-5-12(8-16)14(13(6-11)9-16)15(20)22-10-17(18,19)26-25-24-21/h11-14,21H,2-10H2,1H3. The van der Waals surface area contributed by atoms with Gasteiger partial charge >= 0.3 is 11.2 Å². The highest BCUT2D eigenvalue weighted by Crippen LogP contribution is 2.59. The van der Waals surface area contributed by atoms with Crippen LogP contribution in [0.2, 0.25) is 0 Å². The molecule has 4 saturated carbocycles. The molecule has 4 fully saturated rings. The molecular formula is C17H26F2O6S. The number of carbonyl (C=O) groups excluding carboxylic acids is 1. The molecule has 150 valence electrons. The Kier molecular flexibility index (Phi) is 6.44. The summed E-state index contributed by atoms with van der Waals surface area (Å²) in [7, 11) is 0. The van der Waals surface area contributed by atoms with Gasteiger partial charge in [0.1, 0.15) is 12.0 Å². The van der Waals surface area contributed by atoms with Crippen molar-refractivity contribution < 1.29 is 37.7 Å². The molecule has 4 aliphatic rings. The van der Waals surface area contributed by atoms with Crippen LogP contribution in [0, 0.1) is 23.7 Å².